The Labute approximate surface area is 90.8 Å². The predicted molar refractivity (Wildman–Crippen MR) is 58.9 cm³/mol. The van der Waals surface area contributed by atoms with Gasteiger partial charge in [-0.15, -0.1) is 11.3 Å². The summed E-state index contributed by atoms with van der Waals surface area (Å²) in [6.45, 7) is 1.86. The zero-order chi connectivity index (χ0) is 10.8. The summed E-state index contributed by atoms with van der Waals surface area (Å²) >= 11 is 1.44. The molecule has 0 radical (unpaired) electrons. The number of nitrogens with two attached hydrogens (primary N) is 1. The van der Waals surface area contributed by atoms with Crippen molar-refractivity contribution in [3.05, 3.63) is 40.0 Å². The highest BCUT2D eigenvalue weighted by atomic mass is 32.1. The number of hydrogen-bond donors (Lipinski definition) is 1. The molecular weight excluding hydrogens is 210 g/mol. The molecule has 2 heterocycles. The number of nitrogens with zero attached hydrogens (tertiary/aromatic N) is 2. The molecule has 0 atom stereocenters. The summed E-state index contributed by atoms with van der Waals surface area (Å²) in [5.41, 5.74) is 6.26. The number of carbonyl (C=O) groups is 1. The number of pyridine rings is 1. The highest BCUT2D eigenvalue weighted by molar-refractivity contribution is 7.09. The second-order valence-corrected chi connectivity index (χ2v) is 4.09. The first kappa shape index (κ1) is 9.79. The largest absolute Gasteiger partial charge is 0.384 e. The summed E-state index contributed by atoms with van der Waals surface area (Å²) < 4.78 is 0. The fourth-order valence-corrected chi connectivity index (χ4v) is 1.77. The fraction of sp³-hybridized carbons (Fsp3) is 0.100. The molecule has 15 heavy (non-hydrogen) atoms. The summed E-state index contributed by atoms with van der Waals surface area (Å²) in [5, 5.41) is 2.59. The smallest absolute Gasteiger partial charge is 0.230 e. The number of aromatic nitrogens is 2. The molecule has 0 spiro atoms. The third-order valence-electron chi connectivity index (χ3n) is 1.85. The molecule has 2 rings (SSSR count). The van der Waals surface area contributed by atoms with Crippen LogP contribution in [0.3, 0.4) is 0 Å². The van der Waals surface area contributed by atoms with E-state index in [1.165, 1.54) is 11.3 Å². The maximum absolute atomic E-state index is 11.8. The molecule has 0 aliphatic heterocycles. The predicted octanol–water partition coefficient (Wildman–Crippen LogP) is 1.66. The van der Waals surface area contributed by atoms with Gasteiger partial charge in [0.1, 0.15) is 17.2 Å². The van der Waals surface area contributed by atoms with Crippen molar-refractivity contribution in [2.45, 2.75) is 6.92 Å². The standard InChI is InChI=1S/C10H9N3OS/c1-6-12-8(5-15-6)10(14)7-3-2-4-9(11)13-7/h2-5H,1H3,(H2,11,13). The molecule has 5 heteroatoms. The SMILES string of the molecule is Cc1nc(C(=O)c2cccc(N)n2)cs1. The van der Waals surface area contributed by atoms with E-state index in [9.17, 15) is 4.79 Å². The highest BCUT2D eigenvalue weighted by Gasteiger charge is 2.13. The van der Waals surface area contributed by atoms with E-state index in [1.54, 1.807) is 23.6 Å². The number of rotatable bonds is 2. The van der Waals surface area contributed by atoms with Crippen molar-refractivity contribution in [2.24, 2.45) is 0 Å². The van der Waals surface area contributed by atoms with Crippen LogP contribution in [0.25, 0.3) is 0 Å². The molecule has 0 amide bonds. The number of carbonyl (C=O) groups excluding carboxylic acids is 1. The molecule has 0 aliphatic carbocycles. The number of aryl methyl sites for hydroxylation is 1. The quantitative estimate of drug-likeness (QED) is 0.780. The summed E-state index contributed by atoms with van der Waals surface area (Å²) in [6, 6.07) is 4.98. The van der Waals surface area contributed by atoms with Crippen LogP contribution in [-0.2, 0) is 0 Å². The average Bonchev–Trinajstić information content (AvgIpc) is 2.64. The first-order valence-electron chi connectivity index (χ1n) is 4.36. The van der Waals surface area contributed by atoms with Gasteiger partial charge in [-0.25, -0.2) is 9.97 Å². The van der Waals surface area contributed by atoms with E-state index in [4.69, 9.17) is 5.73 Å². The first-order valence-corrected chi connectivity index (χ1v) is 5.24. The number of anilines is 1. The Hall–Kier alpha value is -1.75. The van der Waals surface area contributed by atoms with Crippen LogP contribution in [0.1, 0.15) is 21.2 Å². The molecule has 0 aromatic carbocycles. The molecule has 0 unspecified atom stereocenters. The Morgan fingerprint density at radius 1 is 1.33 bits per heavy atom. The molecular formula is C10H9N3OS. The van der Waals surface area contributed by atoms with E-state index in [0.29, 0.717) is 17.2 Å². The molecule has 0 aliphatic rings. The van der Waals surface area contributed by atoms with Crippen molar-refractivity contribution in [3.8, 4) is 0 Å². The normalized spacial score (nSPS) is 10.2. The van der Waals surface area contributed by atoms with Crippen molar-refractivity contribution in [1.82, 2.24) is 9.97 Å². The fourth-order valence-electron chi connectivity index (χ4n) is 1.18. The van der Waals surface area contributed by atoms with Crippen molar-refractivity contribution in [3.63, 3.8) is 0 Å². The van der Waals surface area contributed by atoms with Crippen molar-refractivity contribution in [2.75, 3.05) is 5.73 Å². The Balaban J connectivity index is 2.36. The van der Waals surface area contributed by atoms with Crippen LogP contribution in [0.15, 0.2) is 23.6 Å². The Morgan fingerprint density at radius 3 is 2.73 bits per heavy atom. The Bertz CT molecular complexity index is 507. The Kier molecular flexibility index (Phi) is 2.47. The maximum atomic E-state index is 11.8. The lowest BCUT2D eigenvalue weighted by molar-refractivity contribution is 0.103. The summed E-state index contributed by atoms with van der Waals surface area (Å²) in [7, 11) is 0. The van der Waals surface area contributed by atoms with E-state index in [0.717, 1.165) is 5.01 Å². The third kappa shape index (κ3) is 2.02. The summed E-state index contributed by atoms with van der Waals surface area (Å²) in [5.74, 6) is 0.152. The molecule has 76 valence electrons. The van der Waals surface area contributed by atoms with E-state index in [2.05, 4.69) is 9.97 Å². The average molecular weight is 219 g/mol. The van der Waals surface area contributed by atoms with Gasteiger partial charge < -0.3 is 5.73 Å². The minimum absolute atomic E-state index is 0.188. The lowest BCUT2D eigenvalue weighted by Crippen LogP contribution is -2.05. The van der Waals surface area contributed by atoms with Gasteiger partial charge in [0.2, 0.25) is 5.78 Å². The van der Waals surface area contributed by atoms with E-state index in [-0.39, 0.29) is 5.78 Å². The highest BCUT2D eigenvalue weighted by Crippen LogP contribution is 2.12. The van der Waals surface area contributed by atoms with Crippen molar-refractivity contribution in [1.29, 1.82) is 0 Å². The molecule has 0 fully saturated rings. The van der Waals surface area contributed by atoms with Gasteiger partial charge in [0.05, 0.1) is 5.01 Å². The van der Waals surface area contributed by atoms with Gasteiger partial charge >= 0.3 is 0 Å². The van der Waals surface area contributed by atoms with E-state index >= 15 is 0 Å². The van der Waals surface area contributed by atoms with Crippen LogP contribution in [-0.4, -0.2) is 15.8 Å². The van der Waals surface area contributed by atoms with E-state index in [1.807, 2.05) is 6.92 Å². The van der Waals surface area contributed by atoms with Crippen molar-refractivity contribution < 1.29 is 4.79 Å². The molecule has 4 nitrogen and oxygen atoms in total. The molecule has 2 aromatic rings. The third-order valence-corrected chi connectivity index (χ3v) is 2.63. The summed E-state index contributed by atoms with van der Waals surface area (Å²) in [6.07, 6.45) is 0. The number of ketones is 1. The van der Waals surface area contributed by atoms with Gasteiger partial charge in [-0.2, -0.15) is 0 Å². The minimum Gasteiger partial charge on any atom is -0.384 e. The molecule has 2 N–H and O–H groups in total. The number of hydrogen-bond acceptors (Lipinski definition) is 5. The van der Waals surface area contributed by atoms with Gasteiger partial charge in [-0.05, 0) is 19.1 Å². The van der Waals surface area contributed by atoms with Gasteiger partial charge in [-0.1, -0.05) is 6.07 Å². The van der Waals surface area contributed by atoms with E-state index < -0.39 is 0 Å². The zero-order valence-corrected chi connectivity index (χ0v) is 8.91. The number of thiazole rings is 1. The van der Waals surface area contributed by atoms with Crippen LogP contribution in [0.5, 0.6) is 0 Å². The second-order valence-electron chi connectivity index (χ2n) is 3.03. The lowest BCUT2D eigenvalue weighted by atomic mass is 10.2. The zero-order valence-electron chi connectivity index (χ0n) is 8.10. The van der Waals surface area contributed by atoms with Crippen LogP contribution in [0.2, 0.25) is 0 Å². The Morgan fingerprint density at radius 2 is 2.13 bits per heavy atom. The van der Waals surface area contributed by atoms with Crippen LogP contribution >= 0.6 is 11.3 Å². The monoisotopic (exact) mass is 219 g/mol. The topological polar surface area (TPSA) is 68.9 Å². The minimum atomic E-state index is -0.188. The first-order chi connectivity index (χ1) is 7.16. The summed E-state index contributed by atoms with van der Waals surface area (Å²) in [4.78, 5) is 19.9. The molecule has 0 saturated heterocycles. The van der Waals surface area contributed by atoms with Gasteiger partial charge in [0.25, 0.3) is 0 Å². The van der Waals surface area contributed by atoms with Crippen LogP contribution in [0, 0.1) is 6.92 Å². The molecule has 2 aromatic heterocycles. The number of nitrogen functional groups attached to an aromatic ring is 1. The second kappa shape index (κ2) is 3.78. The van der Waals surface area contributed by atoms with Crippen LogP contribution in [0.4, 0.5) is 5.82 Å². The molecule has 0 bridgehead atoms. The van der Waals surface area contributed by atoms with Gasteiger partial charge in [0, 0.05) is 5.38 Å². The van der Waals surface area contributed by atoms with Gasteiger partial charge in [-0.3, -0.25) is 4.79 Å². The molecule has 0 saturated carbocycles. The van der Waals surface area contributed by atoms with Crippen LogP contribution < -0.4 is 5.73 Å². The van der Waals surface area contributed by atoms with Gasteiger partial charge in [0.15, 0.2) is 0 Å². The maximum Gasteiger partial charge on any atom is 0.230 e. The lowest BCUT2D eigenvalue weighted by Gasteiger charge is -1.97. The van der Waals surface area contributed by atoms with Crippen molar-refractivity contribution >= 4 is 22.9 Å².